The van der Waals surface area contributed by atoms with Crippen molar-refractivity contribution in [2.75, 3.05) is 13.1 Å². The minimum Gasteiger partial charge on any atom is -0.481 e. The van der Waals surface area contributed by atoms with Gasteiger partial charge in [-0.05, 0) is 5.92 Å². The molecule has 1 aliphatic heterocycles. The highest BCUT2D eigenvalue weighted by atomic mass is 16.4. The van der Waals surface area contributed by atoms with Gasteiger partial charge in [0.05, 0.1) is 5.92 Å². The summed E-state index contributed by atoms with van der Waals surface area (Å²) in [6.07, 6.45) is 0. The van der Waals surface area contributed by atoms with Gasteiger partial charge < -0.3 is 21.1 Å². The first kappa shape index (κ1) is 13.3. The highest BCUT2D eigenvalue weighted by molar-refractivity contribution is 5.87. The maximum absolute atomic E-state index is 11.6. The molecule has 4 N–H and O–H groups in total. The van der Waals surface area contributed by atoms with Crippen LogP contribution in [0.3, 0.4) is 0 Å². The molecule has 0 aromatic heterocycles. The van der Waals surface area contributed by atoms with Gasteiger partial charge in [0.15, 0.2) is 0 Å². The lowest BCUT2D eigenvalue weighted by molar-refractivity contribution is -0.146. The summed E-state index contributed by atoms with van der Waals surface area (Å²) in [7, 11) is 0. The lowest BCUT2D eigenvalue weighted by Gasteiger charge is -2.37. The maximum Gasteiger partial charge on any atom is 0.318 e. The number of aliphatic carboxylic acids is 1. The number of hydrogen-bond acceptors (Lipinski definition) is 3. The van der Waals surface area contributed by atoms with E-state index in [0.717, 1.165) is 0 Å². The molecular weight excluding hydrogens is 226 g/mol. The second-order valence-electron chi connectivity index (χ2n) is 4.51. The molecule has 17 heavy (non-hydrogen) atoms. The molecule has 7 heteroatoms. The Labute approximate surface area is 98.9 Å². The van der Waals surface area contributed by atoms with Crippen LogP contribution >= 0.6 is 0 Å². The maximum atomic E-state index is 11.6. The third kappa shape index (κ3) is 3.08. The summed E-state index contributed by atoms with van der Waals surface area (Å²) < 4.78 is 0. The van der Waals surface area contributed by atoms with Crippen LogP contribution in [0.4, 0.5) is 4.79 Å². The Morgan fingerprint density at radius 3 is 2.24 bits per heavy atom. The Balaban J connectivity index is 2.45. The second kappa shape index (κ2) is 5.03. The molecule has 1 saturated heterocycles. The van der Waals surface area contributed by atoms with Crippen molar-refractivity contribution in [2.45, 2.75) is 19.9 Å². The van der Waals surface area contributed by atoms with Crippen molar-refractivity contribution in [1.82, 2.24) is 10.2 Å². The zero-order chi connectivity index (χ0) is 13.2. The van der Waals surface area contributed by atoms with Crippen molar-refractivity contribution in [3.05, 3.63) is 0 Å². The van der Waals surface area contributed by atoms with Gasteiger partial charge in [-0.2, -0.15) is 0 Å². The molecule has 1 fully saturated rings. The largest absolute Gasteiger partial charge is 0.481 e. The second-order valence-corrected chi connectivity index (χ2v) is 4.51. The van der Waals surface area contributed by atoms with Crippen LogP contribution in [0.25, 0.3) is 0 Å². The number of likely N-dealkylation sites (tertiary alicyclic amines) is 1. The van der Waals surface area contributed by atoms with Gasteiger partial charge in [-0.1, -0.05) is 13.8 Å². The fourth-order valence-corrected chi connectivity index (χ4v) is 1.59. The fourth-order valence-electron chi connectivity index (χ4n) is 1.59. The SMILES string of the molecule is CC(C)C(NC(=O)N1CC(C(=O)O)C1)C(N)=O. The van der Waals surface area contributed by atoms with Crippen LogP contribution in [-0.4, -0.2) is 47.0 Å². The highest BCUT2D eigenvalue weighted by Crippen LogP contribution is 2.15. The third-order valence-electron chi connectivity index (χ3n) is 2.77. The quantitative estimate of drug-likeness (QED) is 0.601. The molecule has 7 nitrogen and oxygen atoms in total. The number of primary amides is 1. The van der Waals surface area contributed by atoms with Crippen LogP contribution in [0.2, 0.25) is 0 Å². The van der Waals surface area contributed by atoms with E-state index in [9.17, 15) is 14.4 Å². The summed E-state index contributed by atoms with van der Waals surface area (Å²) in [4.78, 5) is 34.6. The normalized spacial score (nSPS) is 17.5. The van der Waals surface area contributed by atoms with Crippen LogP contribution in [0.15, 0.2) is 0 Å². The molecule has 1 heterocycles. The number of carboxylic acid groups (broad SMARTS) is 1. The van der Waals surface area contributed by atoms with Crippen molar-refractivity contribution in [1.29, 1.82) is 0 Å². The number of carbonyl (C=O) groups is 3. The molecule has 1 unspecified atom stereocenters. The number of nitrogens with two attached hydrogens (primary N) is 1. The van der Waals surface area contributed by atoms with E-state index in [1.165, 1.54) is 4.90 Å². The molecule has 1 rings (SSSR count). The Bertz CT molecular complexity index is 336. The minimum absolute atomic E-state index is 0.104. The molecule has 0 aromatic carbocycles. The molecule has 3 amide bonds. The van der Waals surface area contributed by atoms with Crippen LogP contribution in [0.5, 0.6) is 0 Å². The lowest BCUT2D eigenvalue weighted by Crippen LogP contribution is -2.59. The highest BCUT2D eigenvalue weighted by Gasteiger charge is 2.36. The number of amides is 3. The Morgan fingerprint density at radius 1 is 1.35 bits per heavy atom. The van der Waals surface area contributed by atoms with E-state index in [4.69, 9.17) is 10.8 Å². The molecule has 1 atom stereocenters. The average molecular weight is 243 g/mol. The lowest BCUT2D eigenvalue weighted by atomic mass is 10.0. The van der Waals surface area contributed by atoms with E-state index in [1.807, 2.05) is 0 Å². The van der Waals surface area contributed by atoms with Crippen LogP contribution in [0, 0.1) is 11.8 Å². The van der Waals surface area contributed by atoms with Crippen molar-refractivity contribution < 1.29 is 19.5 Å². The van der Waals surface area contributed by atoms with Gasteiger partial charge in [0, 0.05) is 13.1 Å². The summed E-state index contributed by atoms with van der Waals surface area (Å²) in [6.45, 7) is 3.88. The van der Waals surface area contributed by atoms with Crippen molar-refractivity contribution in [3.8, 4) is 0 Å². The Morgan fingerprint density at radius 2 is 1.88 bits per heavy atom. The zero-order valence-electron chi connectivity index (χ0n) is 9.84. The summed E-state index contributed by atoms with van der Waals surface area (Å²) in [5, 5.41) is 11.2. The first-order chi connectivity index (χ1) is 7.82. The number of carbonyl (C=O) groups excluding carboxylic acids is 2. The number of hydrogen-bond donors (Lipinski definition) is 3. The zero-order valence-corrected chi connectivity index (χ0v) is 9.84. The Hall–Kier alpha value is -1.79. The average Bonchev–Trinajstić information content (AvgIpc) is 2.09. The standard InChI is InChI=1S/C10H17N3O4/c1-5(2)7(8(11)14)12-10(17)13-3-6(4-13)9(15)16/h5-7H,3-4H2,1-2H3,(H2,11,14)(H,12,17)(H,15,16). The number of rotatable bonds is 4. The predicted molar refractivity (Wildman–Crippen MR) is 59.1 cm³/mol. The summed E-state index contributed by atoms with van der Waals surface area (Å²) in [5.41, 5.74) is 5.15. The number of urea groups is 1. The molecule has 0 saturated carbocycles. The van der Waals surface area contributed by atoms with Crippen molar-refractivity contribution in [2.24, 2.45) is 17.6 Å². The van der Waals surface area contributed by atoms with Crippen LogP contribution in [0.1, 0.15) is 13.8 Å². The topological polar surface area (TPSA) is 113 Å². The molecular formula is C10H17N3O4. The van der Waals surface area contributed by atoms with Crippen molar-refractivity contribution >= 4 is 17.9 Å². The fraction of sp³-hybridized carbons (Fsp3) is 0.700. The van der Waals surface area contributed by atoms with E-state index in [0.29, 0.717) is 0 Å². The van der Waals surface area contributed by atoms with Gasteiger partial charge in [0.25, 0.3) is 0 Å². The van der Waals surface area contributed by atoms with Gasteiger partial charge >= 0.3 is 12.0 Å². The van der Waals surface area contributed by atoms with Gasteiger partial charge in [-0.3, -0.25) is 9.59 Å². The van der Waals surface area contributed by atoms with Crippen LogP contribution < -0.4 is 11.1 Å². The molecule has 1 aliphatic rings. The van der Waals surface area contributed by atoms with E-state index in [2.05, 4.69) is 5.32 Å². The van der Waals surface area contributed by atoms with Gasteiger partial charge in [0.2, 0.25) is 5.91 Å². The monoisotopic (exact) mass is 243 g/mol. The molecule has 96 valence electrons. The molecule has 0 aliphatic carbocycles. The van der Waals surface area contributed by atoms with E-state index in [1.54, 1.807) is 13.8 Å². The van der Waals surface area contributed by atoms with E-state index >= 15 is 0 Å². The summed E-state index contributed by atoms with van der Waals surface area (Å²) in [5.74, 6) is -2.12. The molecule has 0 aromatic rings. The predicted octanol–water partition coefficient (Wildman–Crippen LogP) is -0.778. The van der Waals surface area contributed by atoms with Gasteiger partial charge in [-0.25, -0.2) is 4.79 Å². The summed E-state index contributed by atoms with van der Waals surface area (Å²) in [6, 6.07) is -1.17. The smallest absolute Gasteiger partial charge is 0.318 e. The third-order valence-corrected chi connectivity index (χ3v) is 2.77. The number of nitrogens with one attached hydrogen (secondary N) is 1. The Kier molecular flexibility index (Phi) is 3.93. The molecule has 0 radical (unpaired) electrons. The van der Waals surface area contributed by atoms with Gasteiger partial charge in [-0.15, -0.1) is 0 Å². The summed E-state index contributed by atoms with van der Waals surface area (Å²) >= 11 is 0. The van der Waals surface area contributed by atoms with E-state index < -0.39 is 29.9 Å². The van der Waals surface area contributed by atoms with Gasteiger partial charge in [0.1, 0.15) is 6.04 Å². The minimum atomic E-state index is -0.913. The van der Waals surface area contributed by atoms with Crippen LogP contribution in [-0.2, 0) is 9.59 Å². The first-order valence-electron chi connectivity index (χ1n) is 5.40. The van der Waals surface area contributed by atoms with E-state index in [-0.39, 0.29) is 19.0 Å². The number of carboxylic acids is 1. The first-order valence-corrected chi connectivity index (χ1v) is 5.40. The molecule has 0 bridgehead atoms. The van der Waals surface area contributed by atoms with Crippen molar-refractivity contribution in [3.63, 3.8) is 0 Å². The molecule has 0 spiro atoms. The number of nitrogens with zero attached hydrogens (tertiary/aromatic N) is 1.